The molecule has 0 aliphatic rings. The molecule has 0 saturated carbocycles. The van der Waals surface area contributed by atoms with E-state index in [-0.39, 0.29) is 0 Å². The van der Waals surface area contributed by atoms with Crippen molar-refractivity contribution in [3.8, 4) is 0 Å². The highest BCUT2D eigenvalue weighted by atomic mass is 32.1. The molecule has 0 aliphatic carbocycles. The minimum atomic E-state index is 1.24. The van der Waals surface area contributed by atoms with Gasteiger partial charge in [-0.1, -0.05) is 24.3 Å². The van der Waals surface area contributed by atoms with Gasteiger partial charge in [0.2, 0.25) is 0 Å². The number of nitrogens with zero attached hydrogens (tertiary/aromatic N) is 1. The molecule has 3 aromatic rings. The van der Waals surface area contributed by atoms with Gasteiger partial charge in [0.1, 0.15) is 0 Å². The monoisotopic (exact) mass is 185 g/mol. The quantitative estimate of drug-likeness (QED) is 0.522. The van der Waals surface area contributed by atoms with Crippen LogP contribution in [0.25, 0.3) is 20.9 Å². The van der Waals surface area contributed by atoms with Crippen molar-refractivity contribution in [2.24, 2.45) is 0 Å². The van der Waals surface area contributed by atoms with Crippen molar-refractivity contribution in [1.29, 1.82) is 0 Å². The summed E-state index contributed by atoms with van der Waals surface area (Å²) in [6.45, 7) is 0. The highest BCUT2D eigenvalue weighted by molar-refractivity contribution is 7.13. The Balaban J connectivity index is 2.57. The molecule has 1 nitrogen and oxygen atoms in total. The lowest BCUT2D eigenvalue weighted by Crippen LogP contribution is -1.69. The van der Waals surface area contributed by atoms with Crippen molar-refractivity contribution >= 4 is 32.4 Å². The second-order valence-electron chi connectivity index (χ2n) is 3.06. The summed E-state index contributed by atoms with van der Waals surface area (Å²) in [6, 6.07) is 12.8. The van der Waals surface area contributed by atoms with E-state index >= 15 is 0 Å². The number of aromatic nitrogens is 1. The smallest absolute Gasteiger partial charge is 0.0556 e. The predicted octanol–water partition coefficient (Wildman–Crippen LogP) is 3.45. The Morgan fingerprint density at radius 1 is 0.923 bits per heavy atom. The lowest BCUT2D eigenvalue weighted by atomic mass is 10.1. The van der Waals surface area contributed by atoms with Crippen molar-refractivity contribution in [3.63, 3.8) is 0 Å². The zero-order chi connectivity index (χ0) is 8.67. The van der Waals surface area contributed by atoms with Crippen LogP contribution in [0.1, 0.15) is 0 Å². The van der Waals surface area contributed by atoms with Gasteiger partial charge in [0.15, 0.2) is 0 Å². The van der Waals surface area contributed by atoms with E-state index in [1.165, 1.54) is 20.9 Å². The second kappa shape index (κ2) is 2.54. The maximum atomic E-state index is 4.17. The maximum absolute atomic E-state index is 4.17. The van der Waals surface area contributed by atoms with E-state index in [2.05, 4.69) is 40.8 Å². The van der Waals surface area contributed by atoms with E-state index in [4.69, 9.17) is 0 Å². The molecule has 0 saturated heterocycles. The first kappa shape index (κ1) is 7.04. The molecular weight excluding hydrogens is 178 g/mol. The van der Waals surface area contributed by atoms with Crippen molar-refractivity contribution < 1.29 is 0 Å². The van der Waals surface area contributed by atoms with Crippen LogP contribution >= 0.6 is 11.5 Å². The van der Waals surface area contributed by atoms with Crippen molar-refractivity contribution in [1.82, 2.24) is 4.37 Å². The normalized spacial score (nSPS) is 11.1. The van der Waals surface area contributed by atoms with Gasteiger partial charge in [0.05, 0.1) is 4.70 Å². The minimum absolute atomic E-state index is 1.24. The molecule has 0 aliphatic heterocycles. The van der Waals surface area contributed by atoms with E-state index in [1.807, 2.05) is 6.20 Å². The summed E-state index contributed by atoms with van der Waals surface area (Å²) in [7, 11) is 0. The Hall–Kier alpha value is -1.41. The molecule has 3 rings (SSSR count). The summed E-state index contributed by atoms with van der Waals surface area (Å²) in [6.07, 6.45) is 1.92. The van der Waals surface area contributed by atoms with Gasteiger partial charge in [-0.2, -0.15) is 4.37 Å². The summed E-state index contributed by atoms with van der Waals surface area (Å²) in [5, 5.41) is 3.82. The number of benzene rings is 2. The SMILES string of the molecule is c1ccc2cc3sncc3cc2c1. The number of rotatable bonds is 0. The average molecular weight is 185 g/mol. The van der Waals surface area contributed by atoms with Crippen LogP contribution in [0.15, 0.2) is 42.6 Å². The summed E-state index contributed by atoms with van der Waals surface area (Å²) >= 11 is 1.55. The summed E-state index contributed by atoms with van der Waals surface area (Å²) in [4.78, 5) is 0. The highest BCUT2D eigenvalue weighted by Gasteiger charge is 1.98. The first-order chi connectivity index (χ1) is 6.43. The Morgan fingerprint density at radius 3 is 2.54 bits per heavy atom. The average Bonchev–Trinajstić information content (AvgIpc) is 2.61. The molecule has 0 unspecified atom stereocenters. The largest absolute Gasteiger partial charge is 0.200 e. The third-order valence-corrected chi connectivity index (χ3v) is 2.98. The lowest BCUT2D eigenvalue weighted by Gasteiger charge is -1.95. The molecule has 62 valence electrons. The molecule has 0 atom stereocenters. The fraction of sp³-hybridized carbons (Fsp3) is 0. The van der Waals surface area contributed by atoms with Gasteiger partial charge in [-0.05, 0) is 34.4 Å². The third kappa shape index (κ3) is 1.03. The van der Waals surface area contributed by atoms with Crippen LogP contribution in [-0.4, -0.2) is 4.37 Å². The van der Waals surface area contributed by atoms with Gasteiger partial charge < -0.3 is 0 Å². The van der Waals surface area contributed by atoms with Crippen LogP contribution < -0.4 is 0 Å². The van der Waals surface area contributed by atoms with E-state index in [0.29, 0.717) is 0 Å². The van der Waals surface area contributed by atoms with Crippen LogP contribution in [0.2, 0.25) is 0 Å². The molecule has 0 N–H and O–H groups in total. The number of hydrogen-bond donors (Lipinski definition) is 0. The van der Waals surface area contributed by atoms with Crippen LogP contribution in [0.4, 0.5) is 0 Å². The molecule has 0 amide bonds. The lowest BCUT2D eigenvalue weighted by molar-refractivity contribution is 1.61. The van der Waals surface area contributed by atoms with E-state index < -0.39 is 0 Å². The van der Waals surface area contributed by atoms with Gasteiger partial charge >= 0.3 is 0 Å². The van der Waals surface area contributed by atoms with E-state index in [9.17, 15) is 0 Å². The molecule has 0 bridgehead atoms. The standard InChI is InChI=1S/C11H7NS/c1-2-4-9-6-11-10(7-12-13-11)5-8(9)3-1/h1-7H. The van der Waals surface area contributed by atoms with Gasteiger partial charge in [-0.25, -0.2) is 0 Å². The zero-order valence-electron chi connectivity index (χ0n) is 6.90. The Bertz CT molecular complexity index is 519. The van der Waals surface area contributed by atoms with Crippen molar-refractivity contribution in [3.05, 3.63) is 42.6 Å². The number of hydrogen-bond acceptors (Lipinski definition) is 2. The molecule has 1 heterocycles. The van der Waals surface area contributed by atoms with Crippen LogP contribution in [0.3, 0.4) is 0 Å². The first-order valence-corrected chi connectivity index (χ1v) is 4.94. The Labute approximate surface area is 79.8 Å². The van der Waals surface area contributed by atoms with Crippen LogP contribution in [0, 0.1) is 0 Å². The van der Waals surface area contributed by atoms with Crippen LogP contribution in [0.5, 0.6) is 0 Å². The minimum Gasteiger partial charge on any atom is -0.200 e. The highest BCUT2D eigenvalue weighted by Crippen LogP contribution is 2.24. The summed E-state index contributed by atoms with van der Waals surface area (Å²) in [5.41, 5.74) is 0. The Morgan fingerprint density at radius 2 is 1.69 bits per heavy atom. The van der Waals surface area contributed by atoms with Crippen molar-refractivity contribution in [2.45, 2.75) is 0 Å². The van der Waals surface area contributed by atoms with Crippen LogP contribution in [-0.2, 0) is 0 Å². The van der Waals surface area contributed by atoms with E-state index in [0.717, 1.165) is 0 Å². The second-order valence-corrected chi connectivity index (χ2v) is 3.90. The molecular formula is C11H7NS. The third-order valence-electron chi connectivity index (χ3n) is 2.22. The van der Waals surface area contributed by atoms with Gasteiger partial charge in [0.25, 0.3) is 0 Å². The summed E-state index contributed by atoms with van der Waals surface area (Å²) < 4.78 is 5.43. The fourth-order valence-corrected chi connectivity index (χ4v) is 2.23. The molecule has 1 aromatic heterocycles. The molecule has 0 spiro atoms. The van der Waals surface area contributed by atoms with Crippen molar-refractivity contribution in [2.75, 3.05) is 0 Å². The molecule has 13 heavy (non-hydrogen) atoms. The fourth-order valence-electron chi connectivity index (χ4n) is 1.56. The molecule has 2 heteroatoms. The molecule has 0 fully saturated rings. The molecule has 2 aromatic carbocycles. The van der Waals surface area contributed by atoms with E-state index in [1.54, 1.807) is 11.5 Å². The number of fused-ring (bicyclic) bond motifs is 2. The van der Waals surface area contributed by atoms with Gasteiger partial charge in [-0.15, -0.1) is 0 Å². The maximum Gasteiger partial charge on any atom is 0.0556 e. The zero-order valence-corrected chi connectivity index (χ0v) is 7.71. The molecule has 0 radical (unpaired) electrons. The van der Waals surface area contributed by atoms with Gasteiger partial charge in [0, 0.05) is 11.6 Å². The van der Waals surface area contributed by atoms with Gasteiger partial charge in [-0.3, -0.25) is 0 Å². The first-order valence-electron chi connectivity index (χ1n) is 4.17. The topological polar surface area (TPSA) is 12.9 Å². The predicted molar refractivity (Wildman–Crippen MR) is 57.1 cm³/mol. The Kier molecular flexibility index (Phi) is 1.37. The summed E-state index contributed by atoms with van der Waals surface area (Å²) in [5.74, 6) is 0.